The summed E-state index contributed by atoms with van der Waals surface area (Å²) in [6.07, 6.45) is 1.54. The summed E-state index contributed by atoms with van der Waals surface area (Å²) in [5, 5.41) is 14.9. The molecule has 0 saturated heterocycles. The van der Waals surface area contributed by atoms with Crippen LogP contribution in [0.3, 0.4) is 0 Å². The number of hydrogen-bond donors (Lipinski definition) is 3. The number of carbonyl (C=O) groups is 3. The van der Waals surface area contributed by atoms with Gasteiger partial charge in [0.1, 0.15) is 5.70 Å². The maximum atomic E-state index is 12.9. The fourth-order valence-corrected chi connectivity index (χ4v) is 2.92. The summed E-state index contributed by atoms with van der Waals surface area (Å²) < 4.78 is 0. The predicted molar refractivity (Wildman–Crippen MR) is 120 cm³/mol. The SMILES string of the molecule is Cc1ccccc1C(=O)N/C(=C\c1ccc(Cl)cc1)C(=O)Nc1ccc(C(=O)O)cc1. The van der Waals surface area contributed by atoms with Gasteiger partial charge in [-0.2, -0.15) is 0 Å². The molecule has 31 heavy (non-hydrogen) atoms. The molecule has 156 valence electrons. The van der Waals surface area contributed by atoms with Gasteiger partial charge in [0.15, 0.2) is 0 Å². The van der Waals surface area contributed by atoms with Crippen molar-refractivity contribution in [1.82, 2.24) is 5.32 Å². The van der Waals surface area contributed by atoms with Crippen molar-refractivity contribution in [2.45, 2.75) is 6.92 Å². The minimum atomic E-state index is -1.06. The topological polar surface area (TPSA) is 95.5 Å². The Balaban J connectivity index is 1.88. The molecule has 0 saturated carbocycles. The third-order valence-electron chi connectivity index (χ3n) is 4.45. The smallest absolute Gasteiger partial charge is 0.335 e. The monoisotopic (exact) mass is 434 g/mol. The van der Waals surface area contributed by atoms with E-state index in [0.29, 0.717) is 21.8 Å². The highest BCUT2D eigenvalue weighted by Gasteiger charge is 2.16. The van der Waals surface area contributed by atoms with Crippen LogP contribution in [0.15, 0.2) is 78.5 Å². The van der Waals surface area contributed by atoms with Gasteiger partial charge in [0.2, 0.25) is 0 Å². The molecule has 0 spiro atoms. The van der Waals surface area contributed by atoms with Gasteiger partial charge in [0.25, 0.3) is 11.8 Å². The molecule has 7 heteroatoms. The zero-order valence-corrected chi connectivity index (χ0v) is 17.3. The maximum Gasteiger partial charge on any atom is 0.335 e. The average molecular weight is 435 g/mol. The Morgan fingerprint density at radius 1 is 0.903 bits per heavy atom. The minimum Gasteiger partial charge on any atom is -0.478 e. The summed E-state index contributed by atoms with van der Waals surface area (Å²) in [6, 6.07) is 19.6. The minimum absolute atomic E-state index is 0.0258. The number of hydrogen-bond acceptors (Lipinski definition) is 3. The molecular weight excluding hydrogens is 416 g/mol. The van der Waals surface area contributed by atoms with E-state index in [1.165, 1.54) is 30.3 Å². The molecule has 3 N–H and O–H groups in total. The predicted octanol–water partition coefficient (Wildman–Crippen LogP) is 4.76. The molecule has 3 aromatic carbocycles. The number of amides is 2. The van der Waals surface area contributed by atoms with Crippen LogP contribution in [-0.2, 0) is 4.79 Å². The lowest BCUT2D eigenvalue weighted by molar-refractivity contribution is -0.113. The Labute approximate surface area is 184 Å². The molecule has 0 fully saturated rings. The molecule has 0 aromatic heterocycles. The van der Waals surface area contributed by atoms with Crippen LogP contribution in [0.4, 0.5) is 5.69 Å². The van der Waals surface area contributed by atoms with Crippen LogP contribution in [0.2, 0.25) is 5.02 Å². The quantitative estimate of drug-likeness (QED) is 0.487. The second-order valence-corrected chi connectivity index (χ2v) is 7.15. The average Bonchev–Trinajstić information content (AvgIpc) is 2.75. The summed E-state index contributed by atoms with van der Waals surface area (Å²) in [4.78, 5) is 36.7. The molecule has 0 unspecified atom stereocenters. The van der Waals surface area contributed by atoms with Crippen molar-refractivity contribution >= 4 is 41.1 Å². The van der Waals surface area contributed by atoms with Gasteiger partial charge in [-0.15, -0.1) is 0 Å². The number of carbonyl (C=O) groups excluding carboxylic acids is 2. The molecule has 0 aliphatic carbocycles. The van der Waals surface area contributed by atoms with Crippen LogP contribution in [0, 0.1) is 6.92 Å². The van der Waals surface area contributed by atoms with E-state index in [-0.39, 0.29) is 11.3 Å². The first-order chi connectivity index (χ1) is 14.8. The third-order valence-corrected chi connectivity index (χ3v) is 4.71. The van der Waals surface area contributed by atoms with Gasteiger partial charge < -0.3 is 15.7 Å². The van der Waals surface area contributed by atoms with E-state index < -0.39 is 17.8 Å². The molecule has 0 bridgehead atoms. The Hall–Kier alpha value is -3.90. The molecule has 0 aliphatic heterocycles. The number of carboxylic acid groups (broad SMARTS) is 1. The van der Waals surface area contributed by atoms with Gasteiger partial charge in [-0.25, -0.2) is 4.79 Å². The van der Waals surface area contributed by atoms with Crippen molar-refractivity contribution in [2.75, 3.05) is 5.32 Å². The van der Waals surface area contributed by atoms with Crippen molar-refractivity contribution in [3.63, 3.8) is 0 Å². The van der Waals surface area contributed by atoms with Crippen molar-refractivity contribution < 1.29 is 19.5 Å². The van der Waals surface area contributed by atoms with Crippen LogP contribution >= 0.6 is 11.6 Å². The largest absolute Gasteiger partial charge is 0.478 e. The fourth-order valence-electron chi connectivity index (χ4n) is 2.80. The first-order valence-electron chi connectivity index (χ1n) is 9.32. The number of aryl methyl sites for hydroxylation is 1. The van der Waals surface area contributed by atoms with Gasteiger partial charge in [0.05, 0.1) is 5.56 Å². The van der Waals surface area contributed by atoms with Crippen LogP contribution in [0.5, 0.6) is 0 Å². The van der Waals surface area contributed by atoms with E-state index in [2.05, 4.69) is 10.6 Å². The van der Waals surface area contributed by atoms with Crippen LogP contribution < -0.4 is 10.6 Å². The first-order valence-corrected chi connectivity index (χ1v) is 9.70. The van der Waals surface area contributed by atoms with Crippen molar-refractivity contribution in [2.24, 2.45) is 0 Å². The molecule has 0 heterocycles. The molecular formula is C24H19ClN2O4. The molecule has 6 nitrogen and oxygen atoms in total. The lowest BCUT2D eigenvalue weighted by Crippen LogP contribution is -2.31. The van der Waals surface area contributed by atoms with Gasteiger partial charge in [-0.1, -0.05) is 41.9 Å². The fraction of sp³-hybridized carbons (Fsp3) is 0.0417. The van der Waals surface area contributed by atoms with E-state index >= 15 is 0 Å². The number of rotatable bonds is 6. The second kappa shape index (κ2) is 9.73. The highest BCUT2D eigenvalue weighted by molar-refractivity contribution is 6.30. The number of anilines is 1. The highest BCUT2D eigenvalue weighted by Crippen LogP contribution is 2.15. The lowest BCUT2D eigenvalue weighted by atomic mass is 10.1. The Bertz CT molecular complexity index is 1150. The lowest BCUT2D eigenvalue weighted by Gasteiger charge is -2.12. The summed E-state index contributed by atoms with van der Waals surface area (Å²) in [7, 11) is 0. The zero-order chi connectivity index (χ0) is 22.4. The highest BCUT2D eigenvalue weighted by atomic mass is 35.5. The first kappa shape index (κ1) is 21.8. The molecule has 3 aromatic rings. The molecule has 3 rings (SSSR count). The van der Waals surface area contributed by atoms with E-state index in [0.717, 1.165) is 5.56 Å². The number of nitrogens with one attached hydrogen (secondary N) is 2. The van der Waals surface area contributed by atoms with E-state index in [1.807, 2.05) is 19.1 Å². The van der Waals surface area contributed by atoms with Crippen LogP contribution in [0.25, 0.3) is 6.08 Å². The zero-order valence-electron chi connectivity index (χ0n) is 16.6. The summed E-state index contributed by atoms with van der Waals surface area (Å²) in [5.41, 5.74) is 2.40. The Kier molecular flexibility index (Phi) is 6.85. The van der Waals surface area contributed by atoms with Crippen LogP contribution in [-0.4, -0.2) is 22.9 Å². The molecule has 0 aliphatic rings. The van der Waals surface area contributed by atoms with Gasteiger partial charge in [-0.3, -0.25) is 9.59 Å². The standard InChI is InChI=1S/C24H19ClN2O4/c1-15-4-2-3-5-20(15)22(28)27-21(14-16-6-10-18(25)11-7-16)23(29)26-19-12-8-17(9-13-19)24(30)31/h2-14H,1H3,(H,26,29)(H,27,28)(H,30,31)/b21-14-. The summed E-state index contributed by atoms with van der Waals surface area (Å²) in [6.45, 7) is 1.81. The third kappa shape index (κ3) is 5.81. The van der Waals surface area contributed by atoms with Gasteiger partial charge in [0, 0.05) is 16.3 Å². The number of benzene rings is 3. The second-order valence-electron chi connectivity index (χ2n) is 6.72. The Morgan fingerprint density at radius 3 is 2.16 bits per heavy atom. The van der Waals surface area contributed by atoms with Gasteiger partial charge >= 0.3 is 5.97 Å². The molecule has 0 radical (unpaired) electrons. The summed E-state index contributed by atoms with van der Waals surface area (Å²) in [5.74, 6) is -2.04. The molecule has 2 amide bonds. The van der Waals surface area contributed by atoms with Crippen molar-refractivity contribution in [3.05, 3.63) is 106 Å². The van der Waals surface area contributed by atoms with Gasteiger partial charge in [-0.05, 0) is 66.6 Å². The Morgan fingerprint density at radius 2 is 1.55 bits per heavy atom. The normalized spacial score (nSPS) is 11.0. The number of aromatic carboxylic acids is 1. The van der Waals surface area contributed by atoms with Crippen LogP contribution in [0.1, 0.15) is 31.8 Å². The van der Waals surface area contributed by atoms with E-state index in [9.17, 15) is 14.4 Å². The van der Waals surface area contributed by atoms with Crippen molar-refractivity contribution in [3.8, 4) is 0 Å². The molecule has 0 atom stereocenters. The number of carboxylic acids is 1. The summed E-state index contributed by atoms with van der Waals surface area (Å²) >= 11 is 5.92. The number of halogens is 1. The van der Waals surface area contributed by atoms with E-state index in [1.54, 1.807) is 36.4 Å². The van der Waals surface area contributed by atoms with Crippen molar-refractivity contribution in [1.29, 1.82) is 0 Å². The maximum absolute atomic E-state index is 12.9. The van der Waals surface area contributed by atoms with E-state index in [4.69, 9.17) is 16.7 Å².